The van der Waals surface area contributed by atoms with Crippen molar-refractivity contribution in [1.82, 2.24) is 0 Å². The van der Waals surface area contributed by atoms with E-state index in [1.54, 1.807) is 6.08 Å². The summed E-state index contributed by atoms with van der Waals surface area (Å²) in [4.78, 5) is 20.6. The first kappa shape index (κ1) is 47.0. The minimum Gasteiger partial charge on any atom is -0.481 e. The second-order valence-corrected chi connectivity index (χ2v) is 12.3. The second-order valence-electron chi connectivity index (χ2n) is 12.3. The SMILES string of the molecule is CCCCCC=CCC=CCC=CCC=CCCCCCC(=O)O.CCCCCCCCCCCCCC=CC=CC=CC=CC(=O)O. The van der Waals surface area contributed by atoms with Crippen LogP contribution in [0.15, 0.2) is 97.2 Å². The lowest BCUT2D eigenvalue weighted by Crippen LogP contribution is -1.93. The number of aliphatic carboxylic acids is 2. The maximum atomic E-state index is 10.4. The van der Waals surface area contributed by atoms with Gasteiger partial charge in [0, 0.05) is 12.5 Å². The van der Waals surface area contributed by atoms with E-state index in [9.17, 15) is 9.59 Å². The van der Waals surface area contributed by atoms with E-state index in [4.69, 9.17) is 10.2 Å². The molecule has 0 aliphatic heterocycles. The van der Waals surface area contributed by atoms with E-state index in [0.29, 0.717) is 6.42 Å². The van der Waals surface area contributed by atoms with Gasteiger partial charge in [0.25, 0.3) is 0 Å². The average molecular weight is 665 g/mol. The Morgan fingerprint density at radius 3 is 1.23 bits per heavy atom. The molecule has 0 fully saturated rings. The van der Waals surface area contributed by atoms with Gasteiger partial charge in [-0.3, -0.25) is 4.79 Å². The number of hydrogen-bond donors (Lipinski definition) is 2. The molecule has 0 unspecified atom stereocenters. The van der Waals surface area contributed by atoms with Crippen LogP contribution >= 0.6 is 0 Å². The van der Waals surface area contributed by atoms with Crippen LogP contribution in [-0.2, 0) is 9.59 Å². The highest BCUT2D eigenvalue weighted by Crippen LogP contribution is 2.12. The van der Waals surface area contributed by atoms with E-state index in [1.165, 1.54) is 102 Å². The van der Waals surface area contributed by atoms with E-state index in [1.807, 2.05) is 18.2 Å². The zero-order valence-corrected chi connectivity index (χ0v) is 30.9. The molecule has 4 heteroatoms. The first-order chi connectivity index (χ1) is 23.5. The summed E-state index contributed by atoms with van der Waals surface area (Å²) in [5.41, 5.74) is 0. The predicted molar refractivity (Wildman–Crippen MR) is 211 cm³/mol. The number of carbonyl (C=O) groups is 2. The summed E-state index contributed by atoms with van der Waals surface area (Å²) < 4.78 is 0. The lowest BCUT2D eigenvalue weighted by molar-refractivity contribution is -0.137. The van der Waals surface area contributed by atoms with E-state index in [0.717, 1.165) is 57.4 Å². The van der Waals surface area contributed by atoms with Gasteiger partial charge in [-0.05, 0) is 64.2 Å². The van der Waals surface area contributed by atoms with Crippen LogP contribution in [-0.4, -0.2) is 22.2 Å². The van der Waals surface area contributed by atoms with Crippen molar-refractivity contribution in [3.05, 3.63) is 97.2 Å². The lowest BCUT2D eigenvalue weighted by Gasteiger charge is -2.01. The molecule has 0 aliphatic rings. The van der Waals surface area contributed by atoms with Crippen molar-refractivity contribution < 1.29 is 19.8 Å². The van der Waals surface area contributed by atoms with Gasteiger partial charge in [-0.15, -0.1) is 0 Å². The fourth-order valence-corrected chi connectivity index (χ4v) is 4.77. The van der Waals surface area contributed by atoms with Gasteiger partial charge in [-0.25, -0.2) is 4.79 Å². The summed E-state index contributed by atoms with van der Waals surface area (Å²) in [5.74, 6) is -1.61. The molecule has 0 saturated heterocycles. The normalized spacial score (nSPS) is 12.4. The molecule has 0 rings (SSSR count). The number of unbranched alkanes of at least 4 members (excludes halogenated alkanes) is 17. The molecule has 0 radical (unpaired) electrons. The molecule has 0 atom stereocenters. The molecule has 0 aromatic heterocycles. The van der Waals surface area contributed by atoms with Gasteiger partial charge in [0.05, 0.1) is 0 Å². The van der Waals surface area contributed by atoms with Gasteiger partial charge < -0.3 is 10.2 Å². The Morgan fingerprint density at radius 1 is 0.396 bits per heavy atom. The first-order valence-corrected chi connectivity index (χ1v) is 19.3. The molecular formula is C44H72O4. The average Bonchev–Trinajstić information content (AvgIpc) is 3.07. The van der Waals surface area contributed by atoms with Crippen molar-refractivity contribution in [2.24, 2.45) is 0 Å². The molecule has 0 spiro atoms. The number of rotatable bonds is 32. The van der Waals surface area contributed by atoms with Gasteiger partial charge in [0.1, 0.15) is 0 Å². The van der Waals surface area contributed by atoms with Crippen molar-refractivity contribution in [3.63, 3.8) is 0 Å². The van der Waals surface area contributed by atoms with Gasteiger partial charge in [-0.1, -0.05) is 188 Å². The summed E-state index contributed by atoms with van der Waals surface area (Å²) in [5, 5.41) is 16.9. The lowest BCUT2D eigenvalue weighted by atomic mass is 10.1. The zero-order valence-electron chi connectivity index (χ0n) is 30.9. The zero-order chi connectivity index (χ0) is 35.4. The third-order valence-corrected chi connectivity index (χ3v) is 7.62. The minimum absolute atomic E-state index is 0.300. The predicted octanol–water partition coefficient (Wildman–Crippen LogP) is 14.0. The molecular weight excluding hydrogens is 592 g/mol. The van der Waals surface area contributed by atoms with Crippen LogP contribution in [0.25, 0.3) is 0 Å². The molecule has 0 aliphatic carbocycles. The highest BCUT2D eigenvalue weighted by molar-refractivity contribution is 5.80. The Labute approximate surface area is 296 Å². The quantitative estimate of drug-likeness (QED) is 0.0325. The summed E-state index contributed by atoms with van der Waals surface area (Å²) in [7, 11) is 0. The van der Waals surface area contributed by atoms with Crippen LogP contribution in [0.4, 0.5) is 0 Å². The Hall–Kier alpha value is -3.14. The van der Waals surface area contributed by atoms with Crippen LogP contribution < -0.4 is 0 Å². The van der Waals surface area contributed by atoms with Crippen molar-refractivity contribution in [2.45, 2.75) is 168 Å². The molecule has 2 N–H and O–H groups in total. The summed E-state index contributed by atoms with van der Waals surface area (Å²) >= 11 is 0. The number of allylic oxidation sites excluding steroid dienone is 15. The largest absolute Gasteiger partial charge is 0.481 e. The number of hydrogen-bond acceptors (Lipinski definition) is 2. The molecule has 272 valence electrons. The Kier molecular flexibility index (Phi) is 42.9. The van der Waals surface area contributed by atoms with Crippen LogP contribution in [0, 0.1) is 0 Å². The van der Waals surface area contributed by atoms with Crippen molar-refractivity contribution in [1.29, 1.82) is 0 Å². The highest BCUT2D eigenvalue weighted by atomic mass is 16.4. The Bertz CT molecular complexity index is 930. The molecule has 0 saturated carbocycles. The number of carboxylic acid groups (broad SMARTS) is 2. The molecule has 48 heavy (non-hydrogen) atoms. The Balaban J connectivity index is 0. The molecule has 0 heterocycles. The van der Waals surface area contributed by atoms with Crippen molar-refractivity contribution in [3.8, 4) is 0 Å². The topological polar surface area (TPSA) is 74.6 Å². The third kappa shape index (κ3) is 49.7. The second kappa shape index (κ2) is 43.9. The summed E-state index contributed by atoms with van der Waals surface area (Å²) in [6.07, 6.45) is 60.9. The standard InChI is InChI=1S/2C22H36O2/c2*1-2-3-4-5-6-7-8-9-10-11-12-13-14-15-16-17-18-19-20-21-22(23)24/h14-21H,2-13H2,1H3,(H,23,24);6-7,9-10,12-13,15-16H,2-5,8,11,14,17-21H2,1H3,(H,23,24). The molecule has 4 nitrogen and oxygen atoms in total. The maximum Gasteiger partial charge on any atom is 0.328 e. The molecule has 0 aromatic carbocycles. The van der Waals surface area contributed by atoms with Crippen LogP contribution in [0.3, 0.4) is 0 Å². The van der Waals surface area contributed by atoms with Crippen molar-refractivity contribution in [2.75, 3.05) is 0 Å². The molecule has 0 amide bonds. The Morgan fingerprint density at radius 2 is 0.750 bits per heavy atom. The molecule has 0 bridgehead atoms. The van der Waals surface area contributed by atoms with Crippen LogP contribution in [0.5, 0.6) is 0 Å². The number of carboxylic acids is 2. The van der Waals surface area contributed by atoms with E-state index >= 15 is 0 Å². The van der Waals surface area contributed by atoms with E-state index < -0.39 is 11.9 Å². The van der Waals surface area contributed by atoms with Gasteiger partial charge in [-0.2, -0.15) is 0 Å². The summed E-state index contributed by atoms with van der Waals surface area (Å²) in [6.45, 7) is 4.51. The minimum atomic E-state index is -0.921. The summed E-state index contributed by atoms with van der Waals surface area (Å²) in [6, 6.07) is 0. The van der Waals surface area contributed by atoms with Crippen molar-refractivity contribution >= 4 is 11.9 Å². The van der Waals surface area contributed by atoms with Crippen LogP contribution in [0.2, 0.25) is 0 Å². The van der Waals surface area contributed by atoms with Gasteiger partial charge >= 0.3 is 11.9 Å². The van der Waals surface area contributed by atoms with Gasteiger partial charge in [0.15, 0.2) is 0 Å². The van der Waals surface area contributed by atoms with Crippen LogP contribution in [0.1, 0.15) is 168 Å². The third-order valence-electron chi connectivity index (χ3n) is 7.62. The monoisotopic (exact) mass is 665 g/mol. The smallest absolute Gasteiger partial charge is 0.328 e. The fraction of sp³-hybridized carbons (Fsp3) is 0.591. The fourth-order valence-electron chi connectivity index (χ4n) is 4.77. The maximum absolute atomic E-state index is 10.4. The first-order valence-electron chi connectivity index (χ1n) is 19.3. The van der Waals surface area contributed by atoms with E-state index in [2.05, 4.69) is 74.6 Å². The molecule has 0 aromatic rings. The highest BCUT2D eigenvalue weighted by Gasteiger charge is 1.95. The van der Waals surface area contributed by atoms with E-state index in [-0.39, 0.29) is 0 Å². The van der Waals surface area contributed by atoms with Gasteiger partial charge in [0.2, 0.25) is 0 Å².